The van der Waals surface area contributed by atoms with Gasteiger partial charge in [0.15, 0.2) is 0 Å². The summed E-state index contributed by atoms with van der Waals surface area (Å²) < 4.78 is 0. The number of carbonyl (C=O) groups excluding carboxylic acids is 2. The predicted octanol–water partition coefficient (Wildman–Crippen LogP) is 0.524. The highest BCUT2D eigenvalue weighted by molar-refractivity contribution is 5.90. The topological polar surface area (TPSA) is 84.9 Å². The summed E-state index contributed by atoms with van der Waals surface area (Å²) in [6.45, 7) is 2.96. The normalized spacial score (nSPS) is 30.6. The van der Waals surface area contributed by atoms with E-state index < -0.39 is 17.9 Å². The van der Waals surface area contributed by atoms with Crippen LogP contribution >= 0.6 is 0 Å². The van der Waals surface area contributed by atoms with Crippen LogP contribution in [0.5, 0.6) is 0 Å². The fourth-order valence-corrected chi connectivity index (χ4v) is 5.23. The van der Waals surface area contributed by atoms with E-state index in [0.717, 1.165) is 32.4 Å². The third-order valence-corrected chi connectivity index (χ3v) is 6.97. The molecule has 3 aliphatic heterocycles. The van der Waals surface area contributed by atoms with Gasteiger partial charge in [-0.25, -0.2) is 5.48 Å². The lowest BCUT2D eigenvalue weighted by Crippen LogP contribution is -2.62. The number of piperazine rings is 1. The summed E-state index contributed by atoms with van der Waals surface area (Å²) in [6.07, 6.45) is 3.82. The molecule has 3 N–H and O–H groups in total. The molecule has 0 radical (unpaired) electrons. The van der Waals surface area contributed by atoms with Crippen LogP contribution in [0.4, 0.5) is 5.69 Å². The molecule has 7 heteroatoms. The number of benzene rings is 1. The summed E-state index contributed by atoms with van der Waals surface area (Å²) in [6, 6.07) is 8.22. The molecule has 0 aromatic heterocycles. The standard InChI is InChI=1S/C20H26N4O3/c25-18(22-27)15-10-20(5-6-20)12-21-17(15)19(26)23-7-8-24-14(11-23)9-13-3-1-2-4-16(13)24/h1-4,14-15,17,21,27H,5-12H2,(H,22,25). The molecule has 5 rings (SSSR count). The van der Waals surface area contributed by atoms with Crippen molar-refractivity contribution >= 4 is 17.5 Å². The fraction of sp³-hybridized carbons (Fsp3) is 0.600. The van der Waals surface area contributed by atoms with E-state index in [0.29, 0.717) is 25.6 Å². The van der Waals surface area contributed by atoms with E-state index in [9.17, 15) is 9.59 Å². The molecule has 3 fully saturated rings. The zero-order chi connectivity index (χ0) is 18.6. The molecule has 3 atom stereocenters. The molecule has 2 saturated heterocycles. The maximum Gasteiger partial charge on any atom is 0.248 e. The minimum Gasteiger partial charge on any atom is -0.364 e. The first-order chi connectivity index (χ1) is 13.1. The average Bonchev–Trinajstić information content (AvgIpc) is 3.35. The Morgan fingerprint density at radius 1 is 1.22 bits per heavy atom. The van der Waals surface area contributed by atoms with Crippen LogP contribution in [0.15, 0.2) is 24.3 Å². The van der Waals surface area contributed by atoms with Crippen molar-refractivity contribution in [2.75, 3.05) is 31.1 Å². The van der Waals surface area contributed by atoms with Gasteiger partial charge in [-0.3, -0.25) is 14.8 Å². The molecule has 1 aromatic carbocycles. The predicted molar refractivity (Wildman–Crippen MR) is 99.4 cm³/mol. The minimum atomic E-state index is -0.543. The van der Waals surface area contributed by atoms with Crippen molar-refractivity contribution in [3.8, 4) is 0 Å². The molecule has 1 saturated carbocycles. The number of piperidine rings is 1. The summed E-state index contributed by atoms with van der Waals surface area (Å²) in [7, 11) is 0. The van der Waals surface area contributed by atoms with Gasteiger partial charge in [0.05, 0.1) is 18.0 Å². The van der Waals surface area contributed by atoms with Crippen molar-refractivity contribution in [2.24, 2.45) is 11.3 Å². The van der Waals surface area contributed by atoms with Crippen LogP contribution in [0.1, 0.15) is 24.8 Å². The number of carbonyl (C=O) groups is 2. The third kappa shape index (κ3) is 2.80. The molecule has 2 amide bonds. The van der Waals surface area contributed by atoms with Gasteiger partial charge in [-0.1, -0.05) is 18.2 Å². The van der Waals surface area contributed by atoms with E-state index in [1.165, 1.54) is 11.3 Å². The van der Waals surface area contributed by atoms with E-state index in [-0.39, 0.29) is 11.3 Å². The van der Waals surface area contributed by atoms with Gasteiger partial charge < -0.3 is 15.1 Å². The quantitative estimate of drug-likeness (QED) is 0.522. The number of nitrogens with one attached hydrogen (secondary N) is 2. The second-order valence-electron chi connectivity index (χ2n) is 8.61. The largest absolute Gasteiger partial charge is 0.364 e. The highest BCUT2D eigenvalue weighted by Gasteiger charge is 2.53. The summed E-state index contributed by atoms with van der Waals surface area (Å²) in [5, 5.41) is 12.5. The Balaban J connectivity index is 1.30. The molecule has 3 unspecified atom stereocenters. The smallest absolute Gasteiger partial charge is 0.248 e. The molecule has 1 spiro atoms. The van der Waals surface area contributed by atoms with Crippen LogP contribution in [-0.4, -0.2) is 60.2 Å². The number of hydrogen-bond acceptors (Lipinski definition) is 5. The molecule has 3 heterocycles. The first-order valence-corrected chi connectivity index (χ1v) is 9.91. The lowest BCUT2D eigenvalue weighted by molar-refractivity contribution is -0.145. The number of nitrogens with zero attached hydrogens (tertiary/aromatic N) is 2. The minimum absolute atomic E-state index is 0.00490. The fourth-order valence-electron chi connectivity index (χ4n) is 5.23. The Hall–Kier alpha value is -2.12. The second kappa shape index (κ2) is 6.21. The molecule has 1 aliphatic carbocycles. The van der Waals surface area contributed by atoms with Gasteiger partial charge in [-0.2, -0.15) is 0 Å². The number of hydroxylamine groups is 1. The van der Waals surface area contributed by atoms with Crippen LogP contribution in [0.25, 0.3) is 0 Å². The zero-order valence-corrected chi connectivity index (χ0v) is 15.4. The Bertz CT molecular complexity index is 778. The van der Waals surface area contributed by atoms with Gasteiger partial charge in [-0.05, 0) is 42.7 Å². The van der Waals surface area contributed by atoms with Crippen molar-refractivity contribution in [1.82, 2.24) is 15.7 Å². The van der Waals surface area contributed by atoms with Crippen molar-refractivity contribution < 1.29 is 14.8 Å². The summed E-state index contributed by atoms with van der Waals surface area (Å²) in [5.41, 5.74) is 4.57. The van der Waals surface area contributed by atoms with Gasteiger partial charge in [0, 0.05) is 31.9 Å². The number of hydrogen-bond donors (Lipinski definition) is 3. The first kappa shape index (κ1) is 17.0. The Kier molecular flexibility index (Phi) is 3.91. The van der Waals surface area contributed by atoms with Crippen LogP contribution < -0.4 is 15.7 Å². The average molecular weight is 370 g/mol. The highest BCUT2D eigenvalue weighted by atomic mass is 16.5. The van der Waals surface area contributed by atoms with Crippen molar-refractivity contribution in [1.29, 1.82) is 0 Å². The molecule has 4 aliphatic rings. The molecule has 1 aromatic rings. The van der Waals surface area contributed by atoms with Gasteiger partial charge >= 0.3 is 0 Å². The molecule has 0 bridgehead atoms. The number of anilines is 1. The van der Waals surface area contributed by atoms with Crippen LogP contribution in [-0.2, 0) is 16.0 Å². The number of fused-ring (bicyclic) bond motifs is 3. The molecular weight excluding hydrogens is 344 g/mol. The zero-order valence-electron chi connectivity index (χ0n) is 15.4. The SMILES string of the molecule is O=C(NO)C1CC2(CC2)CNC1C(=O)N1CCN2c3ccccc3CC2C1. The first-order valence-electron chi connectivity index (χ1n) is 9.91. The third-order valence-electron chi connectivity index (χ3n) is 6.97. The molecule has 7 nitrogen and oxygen atoms in total. The second-order valence-corrected chi connectivity index (χ2v) is 8.61. The van der Waals surface area contributed by atoms with Gasteiger partial charge in [0.2, 0.25) is 11.8 Å². The van der Waals surface area contributed by atoms with E-state index in [1.807, 2.05) is 4.90 Å². The van der Waals surface area contributed by atoms with Crippen LogP contribution in [0.3, 0.4) is 0 Å². The van der Waals surface area contributed by atoms with E-state index in [1.54, 1.807) is 5.48 Å². The summed E-state index contributed by atoms with van der Waals surface area (Å²) >= 11 is 0. The Labute approximate surface area is 158 Å². The van der Waals surface area contributed by atoms with Gasteiger partial charge in [0.25, 0.3) is 0 Å². The lowest BCUT2D eigenvalue weighted by atomic mass is 9.81. The number of amides is 2. The number of rotatable bonds is 2. The van der Waals surface area contributed by atoms with Crippen molar-refractivity contribution in [3.63, 3.8) is 0 Å². The van der Waals surface area contributed by atoms with E-state index in [4.69, 9.17) is 5.21 Å². The summed E-state index contributed by atoms with van der Waals surface area (Å²) in [5.74, 6) is -0.953. The van der Waals surface area contributed by atoms with Gasteiger partial charge in [-0.15, -0.1) is 0 Å². The van der Waals surface area contributed by atoms with Crippen molar-refractivity contribution in [2.45, 2.75) is 37.8 Å². The monoisotopic (exact) mass is 370 g/mol. The number of para-hydroxylation sites is 1. The van der Waals surface area contributed by atoms with Crippen molar-refractivity contribution in [3.05, 3.63) is 29.8 Å². The van der Waals surface area contributed by atoms with Crippen LogP contribution in [0, 0.1) is 11.3 Å². The lowest BCUT2D eigenvalue weighted by Gasteiger charge is -2.43. The molecular formula is C20H26N4O3. The van der Waals surface area contributed by atoms with Gasteiger partial charge in [0.1, 0.15) is 0 Å². The Morgan fingerprint density at radius 3 is 2.81 bits per heavy atom. The Morgan fingerprint density at radius 2 is 2.04 bits per heavy atom. The molecule has 27 heavy (non-hydrogen) atoms. The highest BCUT2D eigenvalue weighted by Crippen LogP contribution is 2.52. The molecule has 144 valence electrons. The van der Waals surface area contributed by atoms with E-state index >= 15 is 0 Å². The van der Waals surface area contributed by atoms with E-state index in [2.05, 4.69) is 34.5 Å². The van der Waals surface area contributed by atoms with Crippen LogP contribution in [0.2, 0.25) is 0 Å². The maximum atomic E-state index is 13.3. The summed E-state index contributed by atoms with van der Waals surface area (Å²) in [4.78, 5) is 29.8. The maximum absolute atomic E-state index is 13.3.